The molecule has 1 aromatic heterocycles. The molecule has 4 bridgehead atoms. The molecule has 71 heavy (non-hydrogen) atoms. The number of aliphatic hydroxyl groups excluding tert-OH is 2. The topological polar surface area (TPSA) is 365 Å². The number of nitrogens with one attached hydrogen (secondary N) is 4. The Labute approximate surface area is 410 Å². The Balaban J connectivity index is 1.46. The fourth-order valence-corrected chi connectivity index (χ4v) is 8.73. The number of fused-ring (bicyclic) bond motifs is 5. The van der Waals surface area contributed by atoms with E-state index in [1.165, 1.54) is 31.7 Å². The number of rotatable bonds is 18. The van der Waals surface area contributed by atoms with Crippen LogP contribution >= 0.6 is 0 Å². The Morgan fingerprint density at radius 1 is 0.944 bits per heavy atom. The minimum Gasteiger partial charge on any atom is -0.504 e. The van der Waals surface area contributed by atoms with Crippen LogP contribution in [0.15, 0.2) is 54.6 Å². The van der Waals surface area contributed by atoms with E-state index >= 15 is 0 Å². The van der Waals surface area contributed by atoms with Gasteiger partial charge in [0.05, 0.1) is 23.1 Å². The first kappa shape index (κ1) is 53.7. The number of aliphatic hydroxyl groups is 2. The van der Waals surface area contributed by atoms with Crippen LogP contribution in [0.5, 0.6) is 11.5 Å². The number of hydrogen-bond acceptors (Lipinski definition) is 15. The van der Waals surface area contributed by atoms with Gasteiger partial charge in [0.15, 0.2) is 17.3 Å². The number of phenolic OH excluding ortho intramolecular Hbond substituents is 1. The van der Waals surface area contributed by atoms with Crippen LogP contribution in [0.4, 0.5) is 0 Å². The Kier molecular flexibility index (Phi) is 16.8. The first-order valence-corrected chi connectivity index (χ1v) is 24.5. The molecule has 0 radical (unpaired) electrons. The van der Waals surface area contributed by atoms with E-state index in [0.29, 0.717) is 22.5 Å². The van der Waals surface area contributed by atoms with Gasteiger partial charge in [0.25, 0.3) is 16.1 Å². The summed E-state index contributed by atoms with van der Waals surface area (Å²) in [5.41, 5.74) is 14.9. The number of carbonyl (C=O) groups excluding carboxylic acids is 4. The molecule has 382 valence electrons. The Hall–Kier alpha value is -6.60. The predicted octanol–water partition coefficient (Wildman–Crippen LogP) is -0.143. The second kappa shape index (κ2) is 22.2. The van der Waals surface area contributed by atoms with Crippen molar-refractivity contribution in [3.63, 3.8) is 0 Å². The molecule has 2 heterocycles. The highest BCUT2D eigenvalue weighted by molar-refractivity contribution is 7.87. The molecule has 14 N–H and O–H groups in total. The lowest BCUT2D eigenvalue weighted by atomic mass is 9.89. The molecule has 1 saturated carbocycles. The molecule has 2 aliphatic rings. The second-order valence-corrected chi connectivity index (χ2v) is 19.8. The van der Waals surface area contributed by atoms with E-state index in [9.17, 15) is 52.8 Å². The van der Waals surface area contributed by atoms with Crippen molar-refractivity contribution in [2.75, 3.05) is 33.3 Å². The van der Waals surface area contributed by atoms with E-state index in [2.05, 4.69) is 32.8 Å². The van der Waals surface area contributed by atoms with Crippen LogP contribution in [0.1, 0.15) is 83.2 Å². The third-order valence-corrected chi connectivity index (χ3v) is 13.4. The molecule has 1 aliphatic carbocycles. The number of amides is 4. The molecule has 0 spiro atoms. The lowest BCUT2D eigenvalue weighted by Gasteiger charge is -2.33. The number of ether oxygens (including phenoxy) is 1. The summed E-state index contributed by atoms with van der Waals surface area (Å²) in [5, 5.41) is 55.8. The van der Waals surface area contributed by atoms with Gasteiger partial charge >= 0.3 is 5.97 Å². The highest BCUT2D eigenvalue weighted by Crippen LogP contribution is 2.48. The number of aromatic hydroxyl groups is 1. The molecular formula is C48H62N10O12S. The van der Waals surface area contributed by atoms with Crippen LogP contribution < -0.4 is 42.0 Å². The number of carboxylic acid groups (broad SMARTS) is 1. The van der Waals surface area contributed by atoms with Gasteiger partial charge in [-0.25, -0.2) is 19.9 Å². The van der Waals surface area contributed by atoms with Gasteiger partial charge in [-0.2, -0.15) is 13.1 Å². The lowest BCUT2D eigenvalue weighted by molar-refractivity contribution is -0.143. The summed E-state index contributed by atoms with van der Waals surface area (Å²) in [6.45, 7) is 5.04. The molecule has 1 aliphatic heterocycles. The molecule has 3 aromatic carbocycles. The normalized spacial score (nSPS) is 19.0. The van der Waals surface area contributed by atoms with Crippen molar-refractivity contribution in [1.29, 1.82) is 0 Å². The van der Waals surface area contributed by atoms with E-state index in [1.54, 1.807) is 32.0 Å². The summed E-state index contributed by atoms with van der Waals surface area (Å²) in [6, 6.07) is 8.74. The number of aliphatic carboxylic acids is 1. The number of carboxylic acids is 1. The third kappa shape index (κ3) is 13.0. The smallest absolute Gasteiger partial charge is 0.326 e. The Bertz CT molecular complexity index is 2770. The van der Waals surface area contributed by atoms with Gasteiger partial charge in [-0.05, 0) is 91.8 Å². The molecule has 6 atom stereocenters. The molecule has 6 rings (SSSR count). The monoisotopic (exact) mass is 1000 g/mol. The lowest BCUT2D eigenvalue weighted by Crippen LogP contribution is -2.57. The third-order valence-electron chi connectivity index (χ3n) is 12.8. The average molecular weight is 1000 g/mol. The van der Waals surface area contributed by atoms with E-state index in [4.69, 9.17) is 21.3 Å². The number of nitrogens with zero attached hydrogens (tertiary/aromatic N) is 3. The number of likely N-dealkylation sites (N-methyl/N-ethyl adjacent to an activating group) is 1. The number of aryl methyl sites for hydroxylation is 3. The Morgan fingerprint density at radius 3 is 2.18 bits per heavy atom. The highest BCUT2D eigenvalue weighted by Gasteiger charge is 2.40. The van der Waals surface area contributed by atoms with Gasteiger partial charge in [-0.1, -0.05) is 49.4 Å². The van der Waals surface area contributed by atoms with E-state index in [1.807, 2.05) is 29.0 Å². The van der Waals surface area contributed by atoms with Crippen LogP contribution in [0.25, 0.3) is 22.5 Å². The molecule has 22 nitrogen and oxygen atoms in total. The number of carbonyl (C=O) groups is 5. The summed E-state index contributed by atoms with van der Waals surface area (Å²) in [4.78, 5) is 80.1. The summed E-state index contributed by atoms with van der Waals surface area (Å²) in [6.07, 6.45) is 0.129. The molecular weight excluding hydrogens is 941 g/mol. The summed E-state index contributed by atoms with van der Waals surface area (Å²) in [7, 11) is -3.33. The van der Waals surface area contributed by atoms with Crippen molar-refractivity contribution in [3.05, 3.63) is 93.8 Å². The highest BCUT2D eigenvalue weighted by atomic mass is 32.2. The van der Waals surface area contributed by atoms with Crippen molar-refractivity contribution < 1.29 is 57.6 Å². The number of nitrogens with two attached hydrogens (primary N) is 3. The van der Waals surface area contributed by atoms with Crippen LogP contribution in [-0.2, 0) is 47.6 Å². The molecule has 23 heteroatoms. The fraction of sp³-hybridized carbons (Fsp3) is 0.438. The molecule has 1 fully saturated rings. The van der Waals surface area contributed by atoms with Crippen molar-refractivity contribution in [2.24, 2.45) is 16.6 Å². The standard InChI is InChI=1S/C48H62N10O12S/c1-24-39(25(2)54-42(53-24)29-8-11-31(12-9-29)48(4)14-15-48)44(63)57-37(22-52-71(51,68)69)46(65)58(5)40-30-18-35(41(61)38(19-30)70-23-33(60)21-50)34-16-27(6-7-28(34)10-13-32(59)20-49)17-36(47(66)67)56-43(62)26(3)55-45(40)64/h6-9,11-12,16,18-19,26,32-33,36-37,40,52,59-61H,10,13-15,17,20-23,49-50H2,1-5H3,(H,55,64)(H,56,62)(H,57,63)(H,66,67)(H2,51,68,69)/t26-,32-,33+,36-,37-,40-/m0/s1. The maximum Gasteiger partial charge on any atom is 0.326 e. The van der Waals surface area contributed by atoms with E-state index in [0.717, 1.165) is 17.7 Å². The molecule has 0 saturated heterocycles. The van der Waals surface area contributed by atoms with Gasteiger partial charge in [0, 0.05) is 44.2 Å². The van der Waals surface area contributed by atoms with Gasteiger partial charge < -0.3 is 57.5 Å². The minimum atomic E-state index is -4.50. The number of aromatic nitrogens is 2. The van der Waals surface area contributed by atoms with Crippen molar-refractivity contribution in [3.8, 4) is 34.0 Å². The summed E-state index contributed by atoms with van der Waals surface area (Å²) >= 11 is 0. The quantitative estimate of drug-likeness (QED) is 0.0618. The van der Waals surface area contributed by atoms with Crippen molar-refractivity contribution in [2.45, 2.75) is 102 Å². The average Bonchev–Trinajstić information content (AvgIpc) is 4.08. The number of phenols is 1. The van der Waals surface area contributed by atoms with E-state index < -0.39 is 95.1 Å². The van der Waals surface area contributed by atoms with Crippen molar-refractivity contribution >= 4 is 39.8 Å². The molecule has 4 aromatic rings. The van der Waals surface area contributed by atoms with Crippen LogP contribution in [0, 0.1) is 13.8 Å². The van der Waals surface area contributed by atoms with Gasteiger partial charge in [0.1, 0.15) is 36.9 Å². The molecule has 4 amide bonds. The first-order chi connectivity index (χ1) is 33.4. The fourth-order valence-electron chi connectivity index (χ4n) is 8.33. The van der Waals surface area contributed by atoms with Crippen LogP contribution in [0.3, 0.4) is 0 Å². The largest absolute Gasteiger partial charge is 0.504 e. The zero-order chi connectivity index (χ0) is 52.1. The first-order valence-electron chi connectivity index (χ1n) is 23.0. The zero-order valence-electron chi connectivity index (χ0n) is 40.1. The number of benzene rings is 3. The Morgan fingerprint density at radius 2 is 1.59 bits per heavy atom. The zero-order valence-corrected chi connectivity index (χ0v) is 40.9. The van der Waals surface area contributed by atoms with Crippen LogP contribution in [-0.4, -0.2) is 137 Å². The van der Waals surface area contributed by atoms with E-state index in [-0.39, 0.29) is 77.2 Å². The summed E-state index contributed by atoms with van der Waals surface area (Å²) in [5.74, 6) is -5.74. The molecule has 0 unspecified atom stereocenters. The second-order valence-electron chi connectivity index (χ2n) is 18.4. The maximum absolute atomic E-state index is 14.9. The summed E-state index contributed by atoms with van der Waals surface area (Å²) < 4.78 is 32.5. The van der Waals surface area contributed by atoms with Gasteiger partial charge in [0.2, 0.25) is 17.7 Å². The SMILES string of the molecule is Cc1nc(-c2ccc(C3(C)CC3)cc2)nc(C)c1C(=O)N[C@@H](CNS(N)(=O)=O)C(=O)N(C)[C@@H]1C(=O)N[C@@H](C)C(=O)N[C@H](C(=O)O)Cc2ccc(CC[C@H](O)CN)c(c2)-c2cc1cc(OC[C@H](O)CN)c2O. The number of hydrogen-bond donors (Lipinski definition) is 11. The van der Waals surface area contributed by atoms with Crippen molar-refractivity contribution in [1.82, 2.24) is 35.5 Å². The van der Waals surface area contributed by atoms with Crippen LogP contribution in [0.2, 0.25) is 0 Å². The predicted molar refractivity (Wildman–Crippen MR) is 260 cm³/mol. The maximum atomic E-state index is 14.9. The van der Waals surface area contributed by atoms with Gasteiger partial charge in [-0.15, -0.1) is 0 Å². The van der Waals surface area contributed by atoms with Gasteiger partial charge in [-0.3, -0.25) is 19.2 Å². The minimum absolute atomic E-state index is 0.00164.